The molecule has 6 nitrogen and oxygen atoms in total. The predicted octanol–water partition coefficient (Wildman–Crippen LogP) is 2.93. The molecule has 2 aromatic heterocycles. The summed E-state index contributed by atoms with van der Waals surface area (Å²) in [6.07, 6.45) is 1.79. The van der Waals surface area contributed by atoms with Gasteiger partial charge in [0.2, 0.25) is 0 Å². The summed E-state index contributed by atoms with van der Waals surface area (Å²) in [5.74, 6) is 0. The molecule has 0 unspecified atom stereocenters. The van der Waals surface area contributed by atoms with Gasteiger partial charge in [-0.15, -0.1) is 0 Å². The third-order valence-electron chi connectivity index (χ3n) is 4.70. The number of halogens is 1. The van der Waals surface area contributed by atoms with E-state index in [4.69, 9.17) is 17.3 Å². The van der Waals surface area contributed by atoms with Crippen molar-refractivity contribution in [2.45, 2.75) is 0 Å². The van der Waals surface area contributed by atoms with Crippen molar-refractivity contribution >= 4 is 28.2 Å². The lowest BCUT2D eigenvalue weighted by molar-refractivity contribution is 0.714. The average molecular weight is 381 g/mol. The molecule has 27 heavy (non-hydrogen) atoms. The maximum Gasteiger partial charge on any atom is 0.330 e. The van der Waals surface area contributed by atoms with Gasteiger partial charge in [-0.05, 0) is 35.9 Å². The Morgan fingerprint density at radius 3 is 2.33 bits per heavy atom. The van der Waals surface area contributed by atoms with E-state index in [0.29, 0.717) is 27.3 Å². The van der Waals surface area contributed by atoms with Gasteiger partial charge < -0.3 is 10.3 Å². The van der Waals surface area contributed by atoms with Crippen molar-refractivity contribution in [1.82, 2.24) is 13.7 Å². The maximum atomic E-state index is 13.0. The molecular formula is C20H17ClN4O2. The molecule has 0 saturated heterocycles. The molecule has 0 amide bonds. The molecule has 4 aromatic rings. The molecule has 2 N–H and O–H groups in total. The van der Waals surface area contributed by atoms with Crippen molar-refractivity contribution < 1.29 is 0 Å². The minimum Gasteiger partial charge on any atom is -0.399 e. The number of aryl methyl sites for hydroxylation is 1. The monoisotopic (exact) mass is 380 g/mol. The highest BCUT2D eigenvalue weighted by molar-refractivity contribution is 6.30. The first-order valence-electron chi connectivity index (χ1n) is 8.31. The molecule has 0 aliphatic carbocycles. The lowest BCUT2D eigenvalue weighted by Crippen LogP contribution is -2.36. The van der Waals surface area contributed by atoms with Crippen molar-refractivity contribution in [3.63, 3.8) is 0 Å². The van der Waals surface area contributed by atoms with Crippen LogP contribution in [-0.2, 0) is 14.1 Å². The standard InChI is InChI=1S/C20H17ClN4O2/c1-23-16-11-25(15-5-3-4-14(22)10-15)18(12-6-8-13(21)9-7-12)17(16)19(26)24(2)20(23)27/h3-11H,22H2,1-2H3. The van der Waals surface area contributed by atoms with Gasteiger partial charge >= 0.3 is 5.69 Å². The summed E-state index contributed by atoms with van der Waals surface area (Å²) in [6.45, 7) is 0. The lowest BCUT2D eigenvalue weighted by atomic mass is 10.1. The van der Waals surface area contributed by atoms with Crippen molar-refractivity contribution in [1.29, 1.82) is 0 Å². The summed E-state index contributed by atoms with van der Waals surface area (Å²) in [5, 5.41) is 1.06. The molecule has 0 aliphatic rings. The number of aromatic nitrogens is 3. The summed E-state index contributed by atoms with van der Waals surface area (Å²) < 4.78 is 4.47. The van der Waals surface area contributed by atoms with E-state index >= 15 is 0 Å². The smallest absolute Gasteiger partial charge is 0.330 e. The normalized spacial score (nSPS) is 11.2. The molecule has 0 saturated carbocycles. The number of rotatable bonds is 2. The van der Waals surface area contributed by atoms with Gasteiger partial charge in [-0.2, -0.15) is 0 Å². The second kappa shape index (κ2) is 6.17. The van der Waals surface area contributed by atoms with Crippen LogP contribution < -0.4 is 17.0 Å². The van der Waals surface area contributed by atoms with Gasteiger partial charge in [-0.1, -0.05) is 29.8 Å². The fourth-order valence-electron chi connectivity index (χ4n) is 3.31. The Morgan fingerprint density at radius 1 is 0.963 bits per heavy atom. The molecule has 2 aromatic carbocycles. The number of hydrogen-bond donors (Lipinski definition) is 1. The molecule has 136 valence electrons. The van der Waals surface area contributed by atoms with Gasteiger partial charge in [0.1, 0.15) is 0 Å². The van der Waals surface area contributed by atoms with Crippen LogP contribution in [0.3, 0.4) is 0 Å². The highest BCUT2D eigenvalue weighted by atomic mass is 35.5. The third-order valence-corrected chi connectivity index (χ3v) is 4.96. The minimum atomic E-state index is -0.375. The second-order valence-electron chi connectivity index (χ2n) is 6.42. The van der Waals surface area contributed by atoms with Crippen LogP contribution in [0.1, 0.15) is 0 Å². The van der Waals surface area contributed by atoms with E-state index < -0.39 is 0 Å². The number of nitrogens with zero attached hydrogens (tertiary/aromatic N) is 3. The Labute approximate surface area is 159 Å². The summed E-state index contributed by atoms with van der Waals surface area (Å²) in [7, 11) is 3.13. The molecule has 2 heterocycles. The van der Waals surface area contributed by atoms with Crippen LogP contribution in [0, 0.1) is 0 Å². The number of nitrogens with two attached hydrogens (primary N) is 1. The van der Waals surface area contributed by atoms with Crippen LogP contribution in [0.5, 0.6) is 0 Å². The molecule has 0 spiro atoms. The number of hydrogen-bond acceptors (Lipinski definition) is 3. The Morgan fingerprint density at radius 2 is 1.67 bits per heavy atom. The zero-order valence-corrected chi connectivity index (χ0v) is 15.6. The first-order valence-corrected chi connectivity index (χ1v) is 8.69. The Hall–Kier alpha value is -3.25. The van der Waals surface area contributed by atoms with Crippen molar-refractivity contribution in [2.24, 2.45) is 14.1 Å². The molecule has 0 radical (unpaired) electrons. The highest BCUT2D eigenvalue weighted by Gasteiger charge is 2.20. The topological polar surface area (TPSA) is 75.0 Å². The number of anilines is 1. The summed E-state index contributed by atoms with van der Waals surface area (Å²) in [6, 6.07) is 14.6. The Kier molecular flexibility index (Phi) is 3.93. The predicted molar refractivity (Wildman–Crippen MR) is 109 cm³/mol. The van der Waals surface area contributed by atoms with E-state index in [1.54, 1.807) is 31.4 Å². The molecule has 7 heteroatoms. The van der Waals surface area contributed by atoms with E-state index in [-0.39, 0.29) is 11.2 Å². The zero-order chi connectivity index (χ0) is 19.3. The van der Waals surface area contributed by atoms with Crippen LogP contribution in [0.15, 0.2) is 64.3 Å². The summed E-state index contributed by atoms with van der Waals surface area (Å²) in [5.41, 5.74) is 8.68. The van der Waals surface area contributed by atoms with Crippen molar-refractivity contribution in [2.75, 3.05) is 5.73 Å². The molecule has 4 rings (SSSR count). The quantitative estimate of drug-likeness (QED) is 0.543. The van der Waals surface area contributed by atoms with E-state index in [1.165, 1.54) is 11.6 Å². The fraction of sp³-hybridized carbons (Fsp3) is 0.100. The van der Waals surface area contributed by atoms with E-state index in [0.717, 1.165) is 15.8 Å². The lowest BCUT2D eigenvalue weighted by Gasteiger charge is -2.11. The van der Waals surface area contributed by atoms with E-state index in [9.17, 15) is 9.59 Å². The molecule has 0 atom stereocenters. The van der Waals surface area contributed by atoms with Crippen LogP contribution in [0.25, 0.3) is 27.8 Å². The number of nitrogen functional groups attached to an aromatic ring is 1. The Balaban J connectivity index is 2.21. The number of fused-ring (bicyclic) bond motifs is 1. The minimum absolute atomic E-state index is 0.347. The van der Waals surface area contributed by atoms with Gasteiger partial charge in [-0.3, -0.25) is 13.9 Å². The van der Waals surface area contributed by atoms with E-state index in [2.05, 4.69) is 0 Å². The first kappa shape index (κ1) is 17.2. The zero-order valence-electron chi connectivity index (χ0n) is 14.8. The fourth-order valence-corrected chi connectivity index (χ4v) is 3.44. The van der Waals surface area contributed by atoms with Gasteiger partial charge in [0.05, 0.1) is 16.6 Å². The van der Waals surface area contributed by atoms with Gasteiger partial charge in [-0.25, -0.2) is 4.79 Å². The molecular weight excluding hydrogens is 364 g/mol. The highest BCUT2D eigenvalue weighted by Crippen LogP contribution is 2.32. The first-order chi connectivity index (χ1) is 12.9. The van der Waals surface area contributed by atoms with Crippen LogP contribution in [0.2, 0.25) is 5.02 Å². The van der Waals surface area contributed by atoms with E-state index in [1.807, 2.05) is 34.9 Å². The van der Waals surface area contributed by atoms with Crippen LogP contribution in [0.4, 0.5) is 5.69 Å². The van der Waals surface area contributed by atoms with Crippen LogP contribution in [-0.4, -0.2) is 13.7 Å². The molecule has 0 fully saturated rings. The largest absolute Gasteiger partial charge is 0.399 e. The van der Waals surface area contributed by atoms with Gasteiger partial charge in [0.15, 0.2) is 0 Å². The second-order valence-corrected chi connectivity index (χ2v) is 6.85. The van der Waals surface area contributed by atoms with Gasteiger partial charge in [0.25, 0.3) is 5.56 Å². The maximum absolute atomic E-state index is 13.0. The Bertz CT molecular complexity index is 1300. The summed E-state index contributed by atoms with van der Waals surface area (Å²) in [4.78, 5) is 25.3. The number of benzene rings is 2. The van der Waals surface area contributed by atoms with Gasteiger partial charge in [0, 0.05) is 36.7 Å². The summed E-state index contributed by atoms with van der Waals surface area (Å²) >= 11 is 6.04. The molecule has 0 bridgehead atoms. The average Bonchev–Trinajstić information content (AvgIpc) is 3.06. The van der Waals surface area contributed by atoms with Crippen molar-refractivity contribution in [3.8, 4) is 16.9 Å². The molecule has 0 aliphatic heterocycles. The third kappa shape index (κ3) is 2.65. The SMILES string of the molecule is Cn1c(=O)c2c(-c3ccc(Cl)cc3)n(-c3cccc(N)c3)cc2n(C)c1=O. The van der Waals surface area contributed by atoms with Crippen molar-refractivity contribution in [3.05, 3.63) is 80.6 Å². The van der Waals surface area contributed by atoms with Crippen LogP contribution >= 0.6 is 11.6 Å².